The molecule has 1 fully saturated rings. The fourth-order valence-corrected chi connectivity index (χ4v) is 3.84. The number of hydrogen-bond donors (Lipinski definition) is 0. The number of ether oxygens (including phenoxy) is 1. The molecule has 27 heavy (non-hydrogen) atoms. The summed E-state index contributed by atoms with van der Waals surface area (Å²) in [5.41, 5.74) is 3.48. The molecule has 1 aliphatic rings. The van der Waals surface area contributed by atoms with Crippen LogP contribution >= 0.6 is 0 Å². The first-order valence-electron chi connectivity index (χ1n) is 10.6. The number of aryl methyl sites for hydroxylation is 1. The van der Waals surface area contributed by atoms with Crippen LogP contribution in [0.4, 0.5) is 0 Å². The molecule has 1 saturated carbocycles. The summed E-state index contributed by atoms with van der Waals surface area (Å²) in [6, 6.07) is 16.8. The van der Waals surface area contributed by atoms with Crippen LogP contribution in [0.25, 0.3) is 0 Å². The van der Waals surface area contributed by atoms with E-state index < -0.39 is 0 Å². The first-order valence-corrected chi connectivity index (χ1v) is 10.6. The Bertz CT molecular complexity index is 738. The van der Waals surface area contributed by atoms with Crippen molar-refractivity contribution in [1.29, 1.82) is 0 Å². The molecule has 1 nitrogen and oxygen atoms in total. The summed E-state index contributed by atoms with van der Waals surface area (Å²) in [5, 5.41) is 0. The molecule has 0 atom stereocenters. The topological polar surface area (TPSA) is 9.23 Å². The van der Waals surface area contributed by atoms with Gasteiger partial charge in [-0.05, 0) is 73.1 Å². The highest BCUT2D eigenvalue weighted by molar-refractivity contribution is 5.44. The van der Waals surface area contributed by atoms with Crippen molar-refractivity contribution in [3.8, 4) is 17.6 Å². The molecular weight excluding hydrogens is 328 g/mol. The van der Waals surface area contributed by atoms with Crippen LogP contribution in [0.5, 0.6) is 5.75 Å². The standard InChI is InChI=1S/C26H32O/c1-3-5-22-8-10-23(11-9-22)12-13-24-16-18-26(19-17-24)27-20-25-14-6-21(4-2)7-15-25/h8-11,16-19,21,25H,3-7,14-15,20H2,1-2H3/t21-,25-. The van der Waals surface area contributed by atoms with E-state index in [9.17, 15) is 0 Å². The van der Waals surface area contributed by atoms with Crippen LogP contribution in [0.2, 0.25) is 0 Å². The van der Waals surface area contributed by atoms with Gasteiger partial charge in [-0.2, -0.15) is 0 Å². The number of hydrogen-bond acceptors (Lipinski definition) is 1. The van der Waals surface area contributed by atoms with Crippen LogP contribution in [0, 0.1) is 23.7 Å². The highest BCUT2D eigenvalue weighted by Gasteiger charge is 2.20. The highest BCUT2D eigenvalue weighted by atomic mass is 16.5. The molecule has 2 aromatic carbocycles. The molecule has 0 bridgehead atoms. The molecule has 0 unspecified atom stereocenters. The lowest BCUT2D eigenvalue weighted by atomic mass is 9.81. The van der Waals surface area contributed by atoms with Crippen molar-refractivity contribution in [3.05, 3.63) is 65.2 Å². The van der Waals surface area contributed by atoms with E-state index in [4.69, 9.17) is 4.74 Å². The van der Waals surface area contributed by atoms with Crippen molar-refractivity contribution in [2.75, 3.05) is 6.61 Å². The third-order valence-corrected chi connectivity index (χ3v) is 5.73. The lowest BCUT2D eigenvalue weighted by molar-refractivity contribution is 0.181. The summed E-state index contributed by atoms with van der Waals surface area (Å²) in [6.07, 6.45) is 9.03. The van der Waals surface area contributed by atoms with E-state index in [0.29, 0.717) is 0 Å². The highest BCUT2D eigenvalue weighted by Crippen LogP contribution is 2.31. The molecule has 142 valence electrons. The van der Waals surface area contributed by atoms with Gasteiger partial charge in [-0.1, -0.05) is 63.5 Å². The second kappa shape index (κ2) is 10.2. The summed E-state index contributed by atoms with van der Waals surface area (Å²) in [5.74, 6) is 9.13. The maximum Gasteiger partial charge on any atom is 0.119 e. The fourth-order valence-electron chi connectivity index (χ4n) is 3.84. The number of benzene rings is 2. The summed E-state index contributed by atoms with van der Waals surface area (Å²) < 4.78 is 6.02. The maximum absolute atomic E-state index is 6.02. The molecule has 3 rings (SSSR count). The van der Waals surface area contributed by atoms with Crippen LogP contribution in [0.15, 0.2) is 48.5 Å². The molecule has 0 spiro atoms. The Labute approximate surface area is 165 Å². The number of rotatable bonds is 6. The minimum Gasteiger partial charge on any atom is -0.493 e. The Balaban J connectivity index is 1.49. The van der Waals surface area contributed by atoms with E-state index in [1.807, 2.05) is 12.1 Å². The van der Waals surface area contributed by atoms with Gasteiger partial charge in [0.25, 0.3) is 0 Å². The summed E-state index contributed by atoms with van der Waals surface area (Å²) in [7, 11) is 0. The van der Waals surface area contributed by atoms with E-state index >= 15 is 0 Å². The summed E-state index contributed by atoms with van der Waals surface area (Å²) >= 11 is 0. The van der Waals surface area contributed by atoms with Crippen molar-refractivity contribution in [1.82, 2.24) is 0 Å². The Morgan fingerprint density at radius 1 is 0.778 bits per heavy atom. The smallest absolute Gasteiger partial charge is 0.119 e. The van der Waals surface area contributed by atoms with Crippen LogP contribution in [0.1, 0.15) is 69.1 Å². The molecule has 0 heterocycles. The van der Waals surface area contributed by atoms with Gasteiger partial charge < -0.3 is 4.74 Å². The van der Waals surface area contributed by atoms with E-state index in [-0.39, 0.29) is 0 Å². The molecule has 0 amide bonds. The predicted molar refractivity (Wildman–Crippen MR) is 114 cm³/mol. The average molecular weight is 361 g/mol. The van der Waals surface area contributed by atoms with Gasteiger partial charge in [0.1, 0.15) is 5.75 Å². The molecule has 0 aliphatic heterocycles. The quantitative estimate of drug-likeness (QED) is 0.525. The molecule has 0 saturated heterocycles. The zero-order chi connectivity index (χ0) is 18.9. The third kappa shape index (κ3) is 6.17. The second-order valence-corrected chi connectivity index (χ2v) is 7.83. The maximum atomic E-state index is 6.02. The van der Waals surface area contributed by atoms with Crippen molar-refractivity contribution in [2.45, 2.75) is 58.8 Å². The van der Waals surface area contributed by atoms with Gasteiger partial charge in [0.15, 0.2) is 0 Å². The second-order valence-electron chi connectivity index (χ2n) is 7.83. The zero-order valence-corrected chi connectivity index (χ0v) is 16.8. The molecule has 1 heteroatoms. The largest absolute Gasteiger partial charge is 0.493 e. The Kier molecular flexibility index (Phi) is 7.40. The van der Waals surface area contributed by atoms with Crippen molar-refractivity contribution >= 4 is 0 Å². The molecular formula is C26H32O. The van der Waals surface area contributed by atoms with Gasteiger partial charge in [-0.15, -0.1) is 0 Å². The SMILES string of the molecule is CCCc1ccc(C#Cc2ccc(OC[C@H]3CC[C@H](CC)CC3)cc2)cc1. The van der Waals surface area contributed by atoms with Gasteiger partial charge in [-0.3, -0.25) is 0 Å². The predicted octanol–water partition coefficient (Wildman–Crippen LogP) is 6.63. The van der Waals surface area contributed by atoms with Crippen LogP contribution < -0.4 is 4.74 Å². The Hall–Kier alpha value is -2.20. The lowest BCUT2D eigenvalue weighted by Crippen LogP contribution is -2.19. The van der Waals surface area contributed by atoms with Crippen molar-refractivity contribution < 1.29 is 4.74 Å². The van der Waals surface area contributed by atoms with E-state index in [1.165, 1.54) is 44.1 Å². The molecule has 2 aromatic rings. The third-order valence-electron chi connectivity index (χ3n) is 5.73. The average Bonchev–Trinajstić information content (AvgIpc) is 2.73. The van der Waals surface area contributed by atoms with Gasteiger partial charge in [0.2, 0.25) is 0 Å². The van der Waals surface area contributed by atoms with Gasteiger partial charge in [0.05, 0.1) is 6.61 Å². The van der Waals surface area contributed by atoms with Crippen molar-refractivity contribution in [2.24, 2.45) is 11.8 Å². The van der Waals surface area contributed by atoms with Gasteiger partial charge in [0, 0.05) is 11.1 Å². The van der Waals surface area contributed by atoms with Crippen LogP contribution in [-0.4, -0.2) is 6.61 Å². The lowest BCUT2D eigenvalue weighted by Gasteiger charge is -2.27. The minimum absolute atomic E-state index is 0.725. The molecule has 1 aliphatic carbocycles. The first-order chi connectivity index (χ1) is 13.3. The van der Waals surface area contributed by atoms with Gasteiger partial charge >= 0.3 is 0 Å². The molecule has 0 radical (unpaired) electrons. The molecule has 0 N–H and O–H groups in total. The first kappa shape index (κ1) is 19.6. The van der Waals surface area contributed by atoms with Crippen molar-refractivity contribution in [3.63, 3.8) is 0 Å². The van der Waals surface area contributed by atoms with E-state index in [2.05, 4.69) is 62.1 Å². The van der Waals surface area contributed by atoms with E-state index in [1.54, 1.807) is 0 Å². The Morgan fingerprint density at radius 3 is 1.89 bits per heavy atom. The minimum atomic E-state index is 0.725. The summed E-state index contributed by atoms with van der Waals surface area (Å²) in [6.45, 7) is 5.37. The normalized spacial score (nSPS) is 19.2. The monoisotopic (exact) mass is 360 g/mol. The fraction of sp³-hybridized carbons (Fsp3) is 0.462. The summed E-state index contributed by atoms with van der Waals surface area (Å²) in [4.78, 5) is 0. The van der Waals surface area contributed by atoms with E-state index in [0.717, 1.165) is 41.7 Å². The zero-order valence-electron chi connectivity index (χ0n) is 16.8. The Morgan fingerprint density at radius 2 is 1.33 bits per heavy atom. The van der Waals surface area contributed by atoms with Gasteiger partial charge in [-0.25, -0.2) is 0 Å². The molecule has 0 aromatic heterocycles. The van der Waals surface area contributed by atoms with Crippen LogP contribution in [-0.2, 0) is 6.42 Å². The van der Waals surface area contributed by atoms with Crippen LogP contribution in [0.3, 0.4) is 0 Å².